The molecule has 2 saturated heterocycles. The highest BCUT2D eigenvalue weighted by Gasteiger charge is 2.51. The molecule has 0 aromatic heterocycles. The van der Waals surface area contributed by atoms with E-state index in [0.717, 1.165) is 0 Å². The Balaban J connectivity index is 2.16. The van der Waals surface area contributed by atoms with Crippen molar-refractivity contribution in [2.24, 2.45) is 0 Å². The Morgan fingerprint density at radius 3 is 1.89 bits per heavy atom. The summed E-state index contributed by atoms with van der Waals surface area (Å²) < 4.78 is 49.6. The molecule has 15 heteroatoms. The molecule has 2 fully saturated rings. The zero-order chi connectivity index (χ0) is 20.5. The molecule has 2 aliphatic heterocycles. The molecule has 27 heavy (non-hydrogen) atoms. The number of hydrogen-bond donors (Lipinski definition) is 8. The minimum atomic E-state index is -5.06. The van der Waals surface area contributed by atoms with Crippen LogP contribution in [0.25, 0.3) is 0 Å². The van der Waals surface area contributed by atoms with Crippen LogP contribution in [0.1, 0.15) is 0 Å². The molecule has 2 heterocycles. The minimum absolute atomic E-state index is 0.745. The summed E-state index contributed by atoms with van der Waals surface area (Å²) in [6, 6.07) is 0. The molecule has 14 nitrogen and oxygen atoms in total. The highest BCUT2D eigenvalue weighted by atomic mass is 32.3. The van der Waals surface area contributed by atoms with Crippen LogP contribution in [0, 0.1) is 0 Å². The van der Waals surface area contributed by atoms with Crippen LogP contribution < -0.4 is 0 Å². The topological polar surface area (TPSA) is 233 Å². The van der Waals surface area contributed by atoms with Crippen LogP contribution in [0.4, 0.5) is 0 Å². The SMILES string of the molecule is O=S(=O)(O)O[C@@H]1[C@H](O)[C@@H](O)[C@H](O[C@@H]2[C@@H](O)[C@H](O)O[C@H](CO)[C@@H]2O)O[C@@H]1CO. The van der Waals surface area contributed by atoms with Gasteiger partial charge >= 0.3 is 10.4 Å². The third-order valence-corrected chi connectivity index (χ3v) is 4.65. The van der Waals surface area contributed by atoms with Crippen molar-refractivity contribution in [1.29, 1.82) is 0 Å². The van der Waals surface area contributed by atoms with Gasteiger partial charge in [-0.3, -0.25) is 4.55 Å². The van der Waals surface area contributed by atoms with Gasteiger partial charge in [-0.1, -0.05) is 0 Å². The molecule has 0 radical (unpaired) electrons. The maximum absolute atomic E-state index is 10.8. The van der Waals surface area contributed by atoms with E-state index in [1.165, 1.54) is 0 Å². The first-order chi connectivity index (χ1) is 12.5. The summed E-state index contributed by atoms with van der Waals surface area (Å²) >= 11 is 0. The van der Waals surface area contributed by atoms with Gasteiger partial charge in [-0.05, 0) is 0 Å². The molecular weight excluding hydrogens is 400 g/mol. The van der Waals surface area contributed by atoms with Crippen molar-refractivity contribution in [1.82, 2.24) is 0 Å². The largest absolute Gasteiger partial charge is 0.397 e. The Bertz CT molecular complexity index is 583. The lowest BCUT2D eigenvalue weighted by Gasteiger charge is -2.45. The zero-order valence-electron chi connectivity index (χ0n) is 13.6. The number of aliphatic hydroxyl groups excluding tert-OH is 7. The van der Waals surface area contributed by atoms with E-state index in [2.05, 4.69) is 4.18 Å². The molecule has 2 aliphatic rings. The molecular formula is C12H22O14S. The fraction of sp³-hybridized carbons (Fsp3) is 1.00. The lowest BCUT2D eigenvalue weighted by molar-refractivity contribution is -0.354. The van der Waals surface area contributed by atoms with Crippen LogP contribution in [-0.2, 0) is 28.8 Å². The number of aliphatic hydroxyl groups is 7. The first-order valence-electron chi connectivity index (χ1n) is 7.74. The van der Waals surface area contributed by atoms with E-state index in [1.54, 1.807) is 0 Å². The van der Waals surface area contributed by atoms with Crippen LogP contribution in [0.15, 0.2) is 0 Å². The fourth-order valence-electron chi connectivity index (χ4n) is 2.81. The molecule has 0 unspecified atom stereocenters. The number of ether oxygens (including phenoxy) is 3. The van der Waals surface area contributed by atoms with Gasteiger partial charge in [0.25, 0.3) is 0 Å². The standard InChI is InChI=1S/C12H22O14S/c13-1-3-5(15)10(8(18)11(19)23-3)25-12-7(17)6(16)9(4(2-14)24-12)26-27(20,21)22/h3-19H,1-2H2,(H,20,21,22)/t3-,4-,5+,6-,7-,8-,9+,10+,11-,12+/m1/s1. The van der Waals surface area contributed by atoms with Gasteiger partial charge in [0.05, 0.1) is 13.2 Å². The predicted octanol–water partition coefficient (Wildman–Crippen LogP) is -5.57. The average molecular weight is 422 g/mol. The quantitative estimate of drug-likeness (QED) is 0.186. The Kier molecular flexibility index (Phi) is 7.47. The Labute approximate surface area is 153 Å². The average Bonchev–Trinajstić information content (AvgIpc) is 2.59. The highest BCUT2D eigenvalue weighted by molar-refractivity contribution is 7.80. The zero-order valence-corrected chi connectivity index (χ0v) is 14.4. The van der Waals surface area contributed by atoms with Gasteiger partial charge < -0.3 is 50.0 Å². The van der Waals surface area contributed by atoms with E-state index < -0.39 is 85.0 Å². The van der Waals surface area contributed by atoms with Gasteiger partial charge in [-0.25, -0.2) is 4.18 Å². The molecule has 0 aromatic carbocycles. The third-order valence-electron chi connectivity index (χ3n) is 4.19. The second-order valence-corrected chi connectivity index (χ2v) is 7.07. The minimum Gasteiger partial charge on any atom is -0.394 e. The molecule has 0 saturated carbocycles. The van der Waals surface area contributed by atoms with E-state index in [-0.39, 0.29) is 0 Å². The van der Waals surface area contributed by atoms with E-state index in [1.807, 2.05) is 0 Å². The second kappa shape index (κ2) is 8.87. The monoisotopic (exact) mass is 422 g/mol. The van der Waals surface area contributed by atoms with E-state index >= 15 is 0 Å². The maximum atomic E-state index is 10.8. The summed E-state index contributed by atoms with van der Waals surface area (Å²) in [6.07, 6.45) is -17.7. The van der Waals surface area contributed by atoms with Crippen molar-refractivity contribution < 1.29 is 67.1 Å². The van der Waals surface area contributed by atoms with Gasteiger partial charge in [-0.15, -0.1) is 0 Å². The maximum Gasteiger partial charge on any atom is 0.397 e. The van der Waals surface area contributed by atoms with Gasteiger partial charge in [-0.2, -0.15) is 8.42 Å². The third kappa shape index (κ3) is 5.10. The Hall–Kier alpha value is -0.530. The van der Waals surface area contributed by atoms with Crippen LogP contribution in [0.2, 0.25) is 0 Å². The van der Waals surface area contributed by atoms with Crippen molar-refractivity contribution in [3.8, 4) is 0 Å². The molecule has 10 atom stereocenters. The highest BCUT2D eigenvalue weighted by Crippen LogP contribution is 2.29. The van der Waals surface area contributed by atoms with Crippen molar-refractivity contribution in [2.75, 3.05) is 13.2 Å². The lowest BCUT2D eigenvalue weighted by atomic mass is 9.97. The number of hydrogen-bond acceptors (Lipinski definition) is 13. The number of rotatable bonds is 6. The van der Waals surface area contributed by atoms with Crippen molar-refractivity contribution in [3.63, 3.8) is 0 Å². The van der Waals surface area contributed by atoms with Crippen molar-refractivity contribution in [2.45, 2.75) is 61.4 Å². The van der Waals surface area contributed by atoms with Crippen molar-refractivity contribution >= 4 is 10.4 Å². The molecule has 2 rings (SSSR count). The first kappa shape index (κ1) is 22.8. The Morgan fingerprint density at radius 2 is 1.37 bits per heavy atom. The summed E-state index contributed by atoms with van der Waals surface area (Å²) in [7, 11) is -5.06. The first-order valence-corrected chi connectivity index (χ1v) is 9.10. The summed E-state index contributed by atoms with van der Waals surface area (Å²) in [5.41, 5.74) is 0. The second-order valence-electron chi connectivity index (χ2n) is 6.02. The fourth-order valence-corrected chi connectivity index (χ4v) is 3.33. The molecule has 160 valence electrons. The molecule has 8 N–H and O–H groups in total. The van der Waals surface area contributed by atoms with Gasteiger partial charge in [0.2, 0.25) is 0 Å². The lowest BCUT2D eigenvalue weighted by Crippen LogP contribution is -2.65. The van der Waals surface area contributed by atoms with Gasteiger partial charge in [0.15, 0.2) is 12.6 Å². The summed E-state index contributed by atoms with van der Waals surface area (Å²) in [4.78, 5) is 0. The van der Waals surface area contributed by atoms with Gasteiger partial charge in [0, 0.05) is 0 Å². The van der Waals surface area contributed by atoms with Crippen molar-refractivity contribution in [3.05, 3.63) is 0 Å². The summed E-state index contributed by atoms with van der Waals surface area (Å²) in [5.74, 6) is 0. The molecule has 0 aromatic rings. The van der Waals surface area contributed by atoms with Crippen LogP contribution in [-0.4, -0.2) is 123 Å². The Morgan fingerprint density at radius 1 is 0.778 bits per heavy atom. The normalized spacial score (nSPS) is 46.4. The summed E-state index contributed by atoms with van der Waals surface area (Å²) in [6.45, 7) is -1.67. The van der Waals surface area contributed by atoms with Crippen LogP contribution in [0.3, 0.4) is 0 Å². The smallest absolute Gasteiger partial charge is 0.394 e. The molecule has 0 spiro atoms. The van der Waals surface area contributed by atoms with E-state index in [4.69, 9.17) is 23.9 Å². The summed E-state index contributed by atoms with van der Waals surface area (Å²) in [5, 5.41) is 68.1. The van der Waals surface area contributed by atoms with E-state index in [9.17, 15) is 39.1 Å². The molecule has 0 aliphatic carbocycles. The van der Waals surface area contributed by atoms with E-state index in [0.29, 0.717) is 0 Å². The van der Waals surface area contributed by atoms with Crippen LogP contribution >= 0.6 is 0 Å². The molecule has 0 amide bonds. The predicted molar refractivity (Wildman–Crippen MR) is 79.0 cm³/mol. The van der Waals surface area contributed by atoms with Gasteiger partial charge in [0.1, 0.15) is 48.8 Å². The molecule has 0 bridgehead atoms. The van der Waals surface area contributed by atoms with Crippen LogP contribution in [0.5, 0.6) is 0 Å².